The van der Waals surface area contributed by atoms with Crippen molar-refractivity contribution < 1.29 is 4.79 Å². The van der Waals surface area contributed by atoms with E-state index in [9.17, 15) is 4.79 Å². The molecule has 2 aromatic heterocycles. The number of amides is 1. The Balaban J connectivity index is 1.52. The number of anilines is 1. The zero-order valence-corrected chi connectivity index (χ0v) is 13.4. The third kappa shape index (κ3) is 2.30. The summed E-state index contributed by atoms with van der Waals surface area (Å²) in [5.41, 5.74) is 4.09. The number of nitrogens with one attached hydrogen (secondary N) is 2. The maximum atomic E-state index is 12.5. The first-order chi connectivity index (χ1) is 11.0. The van der Waals surface area contributed by atoms with E-state index in [1.54, 1.807) is 4.68 Å². The molecule has 2 atom stereocenters. The highest BCUT2D eigenvalue weighted by atomic mass is 16.2. The monoisotopic (exact) mass is 309 g/mol. The molecule has 0 radical (unpaired) electrons. The van der Waals surface area contributed by atoms with E-state index in [0.29, 0.717) is 11.7 Å². The van der Waals surface area contributed by atoms with Crippen LogP contribution in [0, 0.1) is 19.8 Å². The van der Waals surface area contributed by atoms with E-state index in [4.69, 9.17) is 0 Å². The van der Waals surface area contributed by atoms with Crippen molar-refractivity contribution in [3.8, 4) is 0 Å². The minimum atomic E-state index is 0.0344. The van der Waals surface area contributed by atoms with Crippen molar-refractivity contribution >= 4 is 22.8 Å². The molecule has 118 valence electrons. The average molecular weight is 309 g/mol. The van der Waals surface area contributed by atoms with E-state index in [0.717, 1.165) is 23.1 Å². The van der Waals surface area contributed by atoms with Gasteiger partial charge < -0.3 is 5.32 Å². The summed E-state index contributed by atoms with van der Waals surface area (Å²) in [4.78, 5) is 12.5. The second-order valence-corrected chi connectivity index (χ2v) is 6.36. The van der Waals surface area contributed by atoms with Gasteiger partial charge in [0.05, 0.1) is 11.1 Å². The number of carbonyl (C=O) groups is 1. The van der Waals surface area contributed by atoms with Crippen molar-refractivity contribution in [3.63, 3.8) is 0 Å². The number of aryl methyl sites for hydroxylation is 3. The van der Waals surface area contributed by atoms with Gasteiger partial charge in [0.1, 0.15) is 5.82 Å². The van der Waals surface area contributed by atoms with E-state index in [2.05, 4.69) is 51.8 Å². The Labute approximate surface area is 133 Å². The number of aromatic amines is 1. The third-order valence-corrected chi connectivity index (χ3v) is 4.56. The maximum absolute atomic E-state index is 12.5. The molecule has 1 aliphatic rings. The average Bonchev–Trinajstić information content (AvgIpc) is 3.13. The molecule has 0 bridgehead atoms. The first kappa shape index (κ1) is 14.0. The Kier molecular flexibility index (Phi) is 3.01. The lowest BCUT2D eigenvalue weighted by Gasteiger charge is -2.04. The minimum Gasteiger partial charge on any atom is -0.310 e. The van der Waals surface area contributed by atoms with E-state index < -0.39 is 0 Å². The van der Waals surface area contributed by atoms with Crippen LogP contribution >= 0.6 is 0 Å². The van der Waals surface area contributed by atoms with Crippen LogP contribution in [0.3, 0.4) is 0 Å². The summed E-state index contributed by atoms with van der Waals surface area (Å²) in [5.74, 6) is 1.05. The van der Waals surface area contributed by atoms with Crippen molar-refractivity contribution in [3.05, 3.63) is 41.1 Å². The van der Waals surface area contributed by atoms with Gasteiger partial charge in [0.2, 0.25) is 5.91 Å². The highest BCUT2D eigenvalue weighted by Crippen LogP contribution is 2.48. The number of fused-ring (bicyclic) bond motifs is 1. The number of aromatic nitrogens is 4. The lowest BCUT2D eigenvalue weighted by atomic mass is 10.1. The lowest BCUT2D eigenvalue weighted by Crippen LogP contribution is -2.15. The fourth-order valence-corrected chi connectivity index (χ4v) is 3.29. The van der Waals surface area contributed by atoms with E-state index in [1.807, 2.05) is 14.0 Å². The lowest BCUT2D eigenvalue weighted by molar-refractivity contribution is -0.117. The molecule has 1 amide bonds. The number of nitrogens with zero attached hydrogens (tertiary/aromatic N) is 3. The number of carbonyl (C=O) groups excluding carboxylic acids is 1. The predicted octanol–water partition coefficient (Wildman–Crippen LogP) is 2.66. The highest BCUT2D eigenvalue weighted by Gasteiger charge is 2.44. The van der Waals surface area contributed by atoms with Crippen LogP contribution in [0.15, 0.2) is 24.3 Å². The Bertz CT molecular complexity index is 907. The van der Waals surface area contributed by atoms with Gasteiger partial charge in [-0.3, -0.25) is 9.89 Å². The Morgan fingerprint density at radius 2 is 2.22 bits per heavy atom. The summed E-state index contributed by atoms with van der Waals surface area (Å²) in [7, 11) is 1.84. The molecule has 2 heterocycles. The van der Waals surface area contributed by atoms with Gasteiger partial charge in [-0.2, -0.15) is 10.2 Å². The maximum Gasteiger partial charge on any atom is 0.229 e. The van der Waals surface area contributed by atoms with Crippen LogP contribution in [0.5, 0.6) is 0 Å². The van der Waals surface area contributed by atoms with Crippen molar-refractivity contribution in [2.24, 2.45) is 13.0 Å². The summed E-state index contributed by atoms with van der Waals surface area (Å²) in [6.45, 7) is 3.99. The second-order valence-electron chi connectivity index (χ2n) is 6.36. The van der Waals surface area contributed by atoms with E-state index in [1.165, 1.54) is 11.1 Å². The minimum absolute atomic E-state index is 0.0344. The van der Waals surface area contributed by atoms with Gasteiger partial charge in [0.15, 0.2) is 5.65 Å². The first-order valence-electron chi connectivity index (χ1n) is 7.79. The molecule has 6 nitrogen and oxygen atoms in total. The molecule has 1 aromatic carbocycles. The van der Waals surface area contributed by atoms with Crippen molar-refractivity contribution in [1.29, 1.82) is 0 Å². The zero-order valence-electron chi connectivity index (χ0n) is 13.4. The van der Waals surface area contributed by atoms with Crippen molar-refractivity contribution in [1.82, 2.24) is 20.0 Å². The van der Waals surface area contributed by atoms with Gasteiger partial charge in [-0.05, 0) is 31.7 Å². The summed E-state index contributed by atoms with van der Waals surface area (Å²) < 4.78 is 1.71. The Hall–Kier alpha value is -2.63. The number of hydrogen-bond donors (Lipinski definition) is 2. The van der Waals surface area contributed by atoms with Crippen molar-refractivity contribution in [2.45, 2.75) is 26.2 Å². The number of H-pyrrole nitrogens is 1. The fraction of sp³-hybridized carbons (Fsp3) is 0.353. The van der Waals surface area contributed by atoms with Crippen LogP contribution in [0.25, 0.3) is 11.0 Å². The van der Waals surface area contributed by atoms with Gasteiger partial charge in [0, 0.05) is 13.0 Å². The van der Waals surface area contributed by atoms with E-state index in [-0.39, 0.29) is 11.8 Å². The van der Waals surface area contributed by atoms with Gasteiger partial charge >= 0.3 is 0 Å². The molecule has 6 heteroatoms. The molecule has 1 fully saturated rings. The second kappa shape index (κ2) is 4.94. The van der Waals surface area contributed by atoms with Gasteiger partial charge in [-0.25, -0.2) is 4.68 Å². The molecule has 0 aliphatic heterocycles. The number of hydrogen-bond acceptors (Lipinski definition) is 3. The van der Waals surface area contributed by atoms with Gasteiger partial charge in [-0.15, -0.1) is 0 Å². The summed E-state index contributed by atoms with van der Waals surface area (Å²) >= 11 is 0. The molecule has 3 aromatic rings. The normalized spacial score (nSPS) is 20.0. The molecule has 1 aliphatic carbocycles. The number of benzene rings is 1. The third-order valence-electron chi connectivity index (χ3n) is 4.56. The molecule has 4 rings (SSSR count). The van der Waals surface area contributed by atoms with Crippen LogP contribution < -0.4 is 5.32 Å². The topological polar surface area (TPSA) is 75.6 Å². The van der Waals surface area contributed by atoms with Crippen LogP contribution in [-0.4, -0.2) is 25.9 Å². The largest absolute Gasteiger partial charge is 0.310 e. The zero-order chi connectivity index (χ0) is 16.1. The Morgan fingerprint density at radius 3 is 3.00 bits per heavy atom. The SMILES string of the molecule is Cc1cccc([C@@H]2C[C@H]2C(=O)Nc2[nH]nc3c2c(C)nn3C)c1. The number of rotatable bonds is 3. The summed E-state index contributed by atoms with van der Waals surface area (Å²) in [6.07, 6.45) is 0.901. The van der Waals surface area contributed by atoms with Crippen LogP contribution in [0.2, 0.25) is 0 Å². The molecule has 23 heavy (non-hydrogen) atoms. The van der Waals surface area contributed by atoms with Crippen LogP contribution in [0.1, 0.15) is 29.2 Å². The predicted molar refractivity (Wildman–Crippen MR) is 88.3 cm³/mol. The van der Waals surface area contributed by atoms with E-state index >= 15 is 0 Å². The molecular weight excluding hydrogens is 290 g/mol. The van der Waals surface area contributed by atoms with Gasteiger partial charge in [-0.1, -0.05) is 29.8 Å². The standard InChI is InChI=1S/C17H19N5O/c1-9-5-4-6-11(7-9)12-8-13(12)17(23)18-15-14-10(2)21-22(3)16(14)20-19-15/h4-7,12-13H,8H2,1-3H3,(H2,18,19,20,23)/t12-,13+/m0/s1. The quantitative estimate of drug-likeness (QED) is 0.781. The van der Waals surface area contributed by atoms with Crippen LogP contribution in [-0.2, 0) is 11.8 Å². The van der Waals surface area contributed by atoms with Gasteiger partial charge in [0.25, 0.3) is 0 Å². The molecular formula is C17H19N5O. The highest BCUT2D eigenvalue weighted by molar-refractivity contribution is 6.02. The van der Waals surface area contributed by atoms with Crippen molar-refractivity contribution in [2.75, 3.05) is 5.32 Å². The molecule has 2 N–H and O–H groups in total. The molecule has 0 unspecified atom stereocenters. The summed E-state index contributed by atoms with van der Waals surface area (Å²) in [5, 5.41) is 15.3. The molecule has 1 saturated carbocycles. The van der Waals surface area contributed by atoms with Crippen LogP contribution in [0.4, 0.5) is 5.82 Å². The molecule has 0 saturated heterocycles. The smallest absolute Gasteiger partial charge is 0.229 e. The molecule has 0 spiro atoms. The fourth-order valence-electron chi connectivity index (χ4n) is 3.29. The summed E-state index contributed by atoms with van der Waals surface area (Å²) in [6, 6.07) is 8.39. The Morgan fingerprint density at radius 1 is 1.39 bits per heavy atom. The first-order valence-corrected chi connectivity index (χ1v) is 7.79.